The number of carbonyl (C=O) groups is 1. The second-order valence-corrected chi connectivity index (χ2v) is 10.8. The number of hydrogen-bond donors (Lipinski definition) is 3. The van der Waals surface area contributed by atoms with E-state index < -0.39 is 23.8 Å². The van der Waals surface area contributed by atoms with E-state index in [0.717, 1.165) is 30.0 Å². The van der Waals surface area contributed by atoms with Crippen LogP contribution in [0.1, 0.15) is 71.6 Å². The number of carbonyl (C=O) groups excluding carboxylic acids is 1. The van der Waals surface area contributed by atoms with Crippen LogP contribution in [-0.2, 0) is 25.8 Å². The maximum absolute atomic E-state index is 13.9. The second kappa shape index (κ2) is 14.3. The number of amides is 1. The van der Waals surface area contributed by atoms with Gasteiger partial charge in [-0.15, -0.1) is 0 Å². The van der Waals surface area contributed by atoms with Crippen LogP contribution in [0.5, 0.6) is 0 Å². The molecule has 0 bridgehead atoms. The number of aliphatic hydroxyl groups excluding tert-OH is 1. The Balaban J connectivity index is 1.44. The quantitative estimate of drug-likeness (QED) is 0.262. The molecule has 1 fully saturated rings. The third-order valence-corrected chi connectivity index (χ3v) is 7.68. The van der Waals surface area contributed by atoms with Gasteiger partial charge >= 0.3 is 0 Å². The Labute approximate surface area is 230 Å². The van der Waals surface area contributed by atoms with Gasteiger partial charge in [-0.05, 0) is 71.7 Å². The minimum Gasteiger partial charge on any atom is -0.390 e. The number of halogens is 2. The van der Waals surface area contributed by atoms with Crippen molar-refractivity contribution in [2.45, 2.75) is 77.0 Å². The summed E-state index contributed by atoms with van der Waals surface area (Å²) in [7, 11) is 0. The van der Waals surface area contributed by atoms with Crippen LogP contribution in [0.4, 0.5) is 8.78 Å². The summed E-state index contributed by atoms with van der Waals surface area (Å²) in [6, 6.07) is 18.4. The number of aliphatic hydroxyl groups is 1. The lowest BCUT2D eigenvalue weighted by Crippen LogP contribution is -2.48. The third kappa shape index (κ3) is 8.97. The summed E-state index contributed by atoms with van der Waals surface area (Å²) < 4.78 is 27.8. The first-order valence-corrected chi connectivity index (χ1v) is 14.2. The molecule has 1 aliphatic rings. The standard InChI is InChI=1S/C33H40F2N2O2/c1-2-23-10-6-12-26(14-23)21-36-22-32(38)31(19-27-17-29(34)20-30(35)18-27)37-33(39)28-13-7-11-25(16-28)15-24-8-4-3-5-9-24/h6-7,10-14,16-18,20,24,31-32,36,38H,2-5,8-9,15,19,21-22H2,1H3,(H,37,39)/t31-,32-/m0/s1. The molecule has 3 N–H and O–H groups in total. The molecule has 4 nitrogen and oxygen atoms in total. The van der Waals surface area contributed by atoms with Crippen molar-refractivity contribution in [2.75, 3.05) is 6.54 Å². The normalized spacial score (nSPS) is 15.6. The molecule has 0 radical (unpaired) electrons. The molecule has 4 rings (SSSR count). The maximum Gasteiger partial charge on any atom is 0.251 e. The molecule has 0 spiro atoms. The summed E-state index contributed by atoms with van der Waals surface area (Å²) in [5.41, 5.74) is 4.37. The topological polar surface area (TPSA) is 61.4 Å². The van der Waals surface area contributed by atoms with Crippen molar-refractivity contribution in [2.24, 2.45) is 5.92 Å². The maximum atomic E-state index is 13.9. The lowest BCUT2D eigenvalue weighted by molar-refractivity contribution is 0.0829. The van der Waals surface area contributed by atoms with E-state index in [4.69, 9.17) is 0 Å². The molecule has 1 saturated carbocycles. The molecule has 1 amide bonds. The van der Waals surface area contributed by atoms with E-state index in [1.807, 2.05) is 24.3 Å². The van der Waals surface area contributed by atoms with Gasteiger partial charge in [0.05, 0.1) is 12.1 Å². The number of nitrogens with one attached hydrogen (secondary N) is 2. The molecular formula is C33H40F2N2O2. The van der Waals surface area contributed by atoms with Gasteiger partial charge in [0, 0.05) is 24.7 Å². The first-order valence-electron chi connectivity index (χ1n) is 14.2. The molecule has 0 aliphatic heterocycles. The highest BCUT2D eigenvalue weighted by atomic mass is 19.1. The third-order valence-electron chi connectivity index (χ3n) is 7.68. The lowest BCUT2D eigenvalue weighted by Gasteiger charge is -2.25. The number of aryl methyl sites for hydroxylation is 1. The second-order valence-electron chi connectivity index (χ2n) is 10.8. The Kier molecular flexibility index (Phi) is 10.6. The fraction of sp³-hybridized carbons (Fsp3) is 0.424. The molecule has 0 saturated heterocycles. The predicted octanol–water partition coefficient (Wildman–Crippen LogP) is 6.14. The van der Waals surface area contributed by atoms with E-state index in [1.54, 1.807) is 6.07 Å². The highest BCUT2D eigenvalue weighted by Crippen LogP contribution is 2.27. The largest absolute Gasteiger partial charge is 0.390 e. The van der Waals surface area contributed by atoms with Gasteiger partial charge in [-0.1, -0.05) is 75.4 Å². The van der Waals surface area contributed by atoms with Gasteiger partial charge < -0.3 is 15.7 Å². The minimum absolute atomic E-state index is 0.0936. The summed E-state index contributed by atoms with van der Waals surface area (Å²) in [5.74, 6) is -1.03. The smallest absolute Gasteiger partial charge is 0.251 e. The Morgan fingerprint density at radius 3 is 2.33 bits per heavy atom. The summed E-state index contributed by atoms with van der Waals surface area (Å²) >= 11 is 0. The van der Waals surface area contributed by atoms with E-state index in [0.29, 0.717) is 23.6 Å². The summed E-state index contributed by atoms with van der Waals surface area (Å²) in [6.07, 6.45) is 7.31. The molecular weight excluding hydrogens is 494 g/mol. The van der Waals surface area contributed by atoms with Crippen LogP contribution in [-0.4, -0.2) is 29.7 Å². The molecule has 3 aromatic carbocycles. The van der Waals surface area contributed by atoms with Crippen LogP contribution >= 0.6 is 0 Å². The van der Waals surface area contributed by atoms with Crippen molar-refractivity contribution in [3.63, 3.8) is 0 Å². The van der Waals surface area contributed by atoms with E-state index in [9.17, 15) is 18.7 Å². The minimum atomic E-state index is -0.972. The van der Waals surface area contributed by atoms with Gasteiger partial charge in [-0.3, -0.25) is 4.79 Å². The first kappa shape index (κ1) is 28.9. The fourth-order valence-corrected chi connectivity index (χ4v) is 5.55. The molecule has 0 aromatic heterocycles. The van der Waals surface area contributed by atoms with Crippen molar-refractivity contribution in [1.29, 1.82) is 0 Å². The molecule has 6 heteroatoms. The Bertz CT molecular complexity index is 1210. The van der Waals surface area contributed by atoms with Crippen LogP contribution in [0.25, 0.3) is 0 Å². The number of hydrogen-bond acceptors (Lipinski definition) is 3. The average molecular weight is 535 g/mol. The summed E-state index contributed by atoms with van der Waals surface area (Å²) in [5, 5.41) is 17.3. The predicted molar refractivity (Wildman–Crippen MR) is 152 cm³/mol. The van der Waals surface area contributed by atoms with Crippen molar-refractivity contribution in [3.05, 3.63) is 106 Å². The van der Waals surface area contributed by atoms with Crippen LogP contribution in [0, 0.1) is 17.6 Å². The highest BCUT2D eigenvalue weighted by molar-refractivity contribution is 5.94. The van der Waals surface area contributed by atoms with E-state index in [-0.39, 0.29) is 18.9 Å². The van der Waals surface area contributed by atoms with Gasteiger partial charge in [-0.2, -0.15) is 0 Å². The molecule has 1 aliphatic carbocycles. The van der Waals surface area contributed by atoms with Gasteiger partial charge in [0.2, 0.25) is 0 Å². The number of benzene rings is 3. The molecule has 39 heavy (non-hydrogen) atoms. The van der Waals surface area contributed by atoms with Crippen LogP contribution in [0.3, 0.4) is 0 Å². The molecule has 0 heterocycles. The van der Waals surface area contributed by atoms with E-state index >= 15 is 0 Å². The zero-order chi connectivity index (χ0) is 27.6. The van der Waals surface area contributed by atoms with E-state index in [2.05, 4.69) is 35.8 Å². The molecule has 3 aromatic rings. The van der Waals surface area contributed by atoms with Crippen molar-refractivity contribution in [3.8, 4) is 0 Å². The monoisotopic (exact) mass is 534 g/mol. The van der Waals surface area contributed by atoms with Crippen LogP contribution < -0.4 is 10.6 Å². The summed E-state index contributed by atoms with van der Waals surface area (Å²) in [4.78, 5) is 13.3. The van der Waals surface area contributed by atoms with Crippen molar-refractivity contribution < 1.29 is 18.7 Å². The first-order chi connectivity index (χ1) is 18.9. The van der Waals surface area contributed by atoms with Gasteiger partial charge in [0.15, 0.2) is 0 Å². The SMILES string of the molecule is CCc1cccc(CNC[C@H](O)[C@H](Cc2cc(F)cc(F)c2)NC(=O)c2cccc(CC3CCCCC3)c2)c1. The van der Waals surface area contributed by atoms with Gasteiger partial charge in [0.1, 0.15) is 11.6 Å². The number of rotatable bonds is 12. The van der Waals surface area contributed by atoms with Crippen LogP contribution in [0.15, 0.2) is 66.7 Å². The van der Waals surface area contributed by atoms with Gasteiger partial charge in [0.25, 0.3) is 5.91 Å². The Morgan fingerprint density at radius 2 is 1.59 bits per heavy atom. The molecule has 208 valence electrons. The lowest BCUT2D eigenvalue weighted by atomic mass is 9.84. The highest BCUT2D eigenvalue weighted by Gasteiger charge is 2.23. The van der Waals surface area contributed by atoms with E-state index in [1.165, 1.54) is 49.8 Å². The molecule has 2 atom stereocenters. The fourth-order valence-electron chi connectivity index (χ4n) is 5.55. The Morgan fingerprint density at radius 1 is 0.897 bits per heavy atom. The zero-order valence-electron chi connectivity index (χ0n) is 22.8. The Hall–Kier alpha value is -3.09. The van der Waals surface area contributed by atoms with Gasteiger partial charge in [-0.25, -0.2) is 8.78 Å². The molecule has 0 unspecified atom stereocenters. The van der Waals surface area contributed by atoms with Crippen LogP contribution in [0.2, 0.25) is 0 Å². The zero-order valence-corrected chi connectivity index (χ0v) is 22.8. The van der Waals surface area contributed by atoms with Crippen molar-refractivity contribution in [1.82, 2.24) is 10.6 Å². The summed E-state index contributed by atoms with van der Waals surface area (Å²) in [6.45, 7) is 2.87. The average Bonchev–Trinajstić information content (AvgIpc) is 2.93. The van der Waals surface area contributed by atoms with Crippen molar-refractivity contribution >= 4 is 5.91 Å².